The Morgan fingerprint density at radius 2 is 1.77 bits per heavy atom. The van der Waals surface area contributed by atoms with E-state index in [2.05, 4.69) is 15.6 Å². The van der Waals surface area contributed by atoms with E-state index in [1.165, 1.54) is 6.92 Å². The van der Waals surface area contributed by atoms with Gasteiger partial charge in [0, 0.05) is 17.6 Å². The highest BCUT2D eigenvalue weighted by atomic mass is 16.5. The number of amides is 3. The minimum atomic E-state index is -1.13. The van der Waals surface area contributed by atoms with Crippen LogP contribution >= 0.6 is 0 Å². The summed E-state index contributed by atoms with van der Waals surface area (Å²) in [5.41, 5.74) is 3.89. The molecule has 2 aromatic carbocycles. The lowest BCUT2D eigenvalue weighted by molar-refractivity contribution is -0.127. The Morgan fingerprint density at radius 3 is 2.58 bits per heavy atom. The highest BCUT2D eigenvalue weighted by Crippen LogP contribution is 2.30. The van der Waals surface area contributed by atoms with Gasteiger partial charge in [0.15, 0.2) is 6.10 Å². The van der Waals surface area contributed by atoms with Crippen LogP contribution < -0.4 is 10.6 Å². The zero-order valence-electron chi connectivity index (χ0n) is 17.2. The van der Waals surface area contributed by atoms with Crippen molar-refractivity contribution in [2.45, 2.75) is 38.8 Å². The summed E-state index contributed by atoms with van der Waals surface area (Å²) < 4.78 is 5.44. The maximum absolute atomic E-state index is 13.0. The fraction of sp³-hybridized carbons (Fsp3) is 0.250. The van der Waals surface area contributed by atoms with Crippen molar-refractivity contribution >= 4 is 28.8 Å². The van der Waals surface area contributed by atoms with Crippen LogP contribution in [0.15, 0.2) is 54.6 Å². The number of carbonyl (C=O) groups is 3. The highest BCUT2D eigenvalue weighted by Gasteiger charge is 2.27. The molecule has 31 heavy (non-hydrogen) atoms. The first kappa shape index (κ1) is 20.5. The van der Waals surface area contributed by atoms with Crippen LogP contribution in [0.1, 0.15) is 40.5 Å². The molecule has 4 rings (SSSR count). The molecule has 1 aliphatic rings. The first-order valence-electron chi connectivity index (χ1n) is 10.3. The maximum Gasteiger partial charge on any atom is 0.339 e. The van der Waals surface area contributed by atoms with Crippen molar-refractivity contribution in [3.05, 3.63) is 77.0 Å². The predicted octanol–water partition coefficient (Wildman–Crippen LogP) is 3.29. The molecular formula is C24H23N3O4. The molecule has 3 aromatic rings. The molecule has 7 heteroatoms. The first-order chi connectivity index (χ1) is 15.0. The number of ether oxygens (including phenoxy) is 1. The molecule has 3 amide bonds. The van der Waals surface area contributed by atoms with Gasteiger partial charge in [0.25, 0.3) is 5.91 Å². The molecular weight excluding hydrogens is 394 g/mol. The van der Waals surface area contributed by atoms with Crippen molar-refractivity contribution < 1.29 is 19.1 Å². The smallest absolute Gasteiger partial charge is 0.339 e. The molecule has 0 saturated carbocycles. The van der Waals surface area contributed by atoms with Gasteiger partial charge in [-0.1, -0.05) is 48.5 Å². The predicted molar refractivity (Wildman–Crippen MR) is 115 cm³/mol. The number of esters is 1. The van der Waals surface area contributed by atoms with E-state index in [-0.39, 0.29) is 6.54 Å². The summed E-state index contributed by atoms with van der Waals surface area (Å²) >= 11 is 0. The molecule has 0 fully saturated rings. The molecule has 1 aromatic heterocycles. The highest BCUT2D eigenvalue weighted by molar-refractivity contribution is 6.06. The molecule has 158 valence electrons. The number of para-hydroxylation sites is 1. The van der Waals surface area contributed by atoms with Gasteiger partial charge >= 0.3 is 12.0 Å². The first-order valence-corrected chi connectivity index (χ1v) is 10.3. The van der Waals surface area contributed by atoms with Crippen LogP contribution in [-0.2, 0) is 28.9 Å². The number of pyridine rings is 1. The van der Waals surface area contributed by atoms with E-state index < -0.39 is 24.0 Å². The third-order valence-electron chi connectivity index (χ3n) is 5.31. The van der Waals surface area contributed by atoms with Gasteiger partial charge in [-0.3, -0.25) is 15.1 Å². The summed E-state index contributed by atoms with van der Waals surface area (Å²) in [6, 6.07) is 16.1. The molecule has 0 unspecified atom stereocenters. The third kappa shape index (κ3) is 4.55. The number of aryl methyl sites for hydroxylation is 1. The van der Waals surface area contributed by atoms with Crippen molar-refractivity contribution in [3.63, 3.8) is 0 Å². The Hall–Kier alpha value is -3.74. The third-order valence-corrected chi connectivity index (χ3v) is 5.31. The lowest BCUT2D eigenvalue weighted by Gasteiger charge is -2.16. The lowest BCUT2D eigenvalue weighted by Crippen LogP contribution is -2.44. The molecule has 7 nitrogen and oxygen atoms in total. The average molecular weight is 417 g/mol. The summed E-state index contributed by atoms with van der Waals surface area (Å²) in [6.07, 6.45) is 1.37. The fourth-order valence-corrected chi connectivity index (χ4v) is 3.75. The summed E-state index contributed by atoms with van der Waals surface area (Å²) in [4.78, 5) is 42.0. The average Bonchev–Trinajstić information content (AvgIpc) is 3.24. The maximum atomic E-state index is 13.0. The van der Waals surface area contributed by atoms with Gasteiger partial charge in [0.2, 0.25) is 0 Å². The second-order valence-corrected chi connectivity index (χ2v) is 7.49. The second kappa shape index (κ2) is 8.95. The van der Waals surface area contributed by atoms with Crippen LogP contribution in [0.25, 0.3) is 10.9 Å². The molecule has 0 bridgehead atoms. The zero-order valence-corrected chi connectivity index (χ0v) is 17.2. The standard InChI is InChI=1S/C24H23N3O4/c1-15(22(28)27-24(30)25-14-16-8-3-2-4-9-16)31-23(29)21-17-10-5-6-12-19(17)26-20-13-7-11-18(20)21/h2-6,8-10,12,15H,7,11,13-14H2,1H3,(H2,25,27,28,30)/t15-/m1/s1. The molecule has 0 aliphatic heterocycles. The summed E-state index contributed by atoms with van der Waals surface area (Å²) in [6.45, 7) is 1.73. The van der Waals surface area contributed by atoms with Gasteiger partial charge < -0.3 is 10.1 Å². The van der Waals surface area contributed by atoms with Gasteiger partial charge in [-0.2, -0.15) is 0 Å². The normalized spacial score (nSPS) is 13.3. The number of hydrogen-bond acceptors (Lipinski definition) is 5. The van der Waals surface area contributed by atoms with E-state index in [4.69, 9.17) is 4.74 Å². The number of imide groups is 1. The van der Waals surface area contributed by atoms with E-state index in [0.29, 0.717) is 10.9 Å². The van der Waals surface area contributed by atoms with Gasteiger partial charge in [0.05, 0.1) is 11.1 Å². The van der Waals surface area contributed by atoms with Crippen LogP contribution in [0.5, 0.6) is 0 Å². The van der Waals surface area contributed by atoms with E-state index in [1.807, 2.05) is 54.6 Å². The quantitative estimate of drug-likeness (QED) is 0.621. The number of rotatable bonds is 5. The molecule has 2 N–H and O–H groups in total. The molecule has 1 heterocycles. The summed E-state index contributed by atoms with van der Waals surface area (Å²) in [5, 5.41) is 5.54. The summed E-state index contributed by atoms with van der Waals surface area (Å²) in [7, 11) is 0. The van der Waals surface area contributed by atoms with Crippen LogP contribution in [0.4, 0.5) is 4.79 Å². The van der Waals surface area contributed by atoms with Gasteiger partial charge in [-0.25, -0.2) is 9.59 Å². The Bertz CT molecular complexity index is 1140. The van der Waals surface area contributed by atoms with Crippen LogP contribution in [0.2, 0.25) is 0 Å². The fourth-order valence-electron chi connectivity index (χ4n) is 3.75. The van der Waals surface area contributed by atoms with Gasteiger partial charge in [-0.15, -0.1) is 0 Å². The van der Waals surface area contributed by atoms with Crippen molar-refractivity contribution in [1.82, 2.24) is 15.6 Å². The van der Waals surface area contributed by atoms with E-state index in [0.717, 1.165) is 41.6 Å². The Kier molecular flexibility index (Phi) is 5.93. The minimum Gasteiger partial charge on any atom is -0.449 e. The lowest BCUT2D eigenvalue weighted by atomic mass is 10.0. The van der Waals surface area contributed by atoms with Gasteiger partial charge in [-0.05, 0) is 43.4 Å². The Labute approximate surface area is 179 Å². The van der Waals surface area contributed by atoms with E-state index in [1.54, 1.807) is 0 Å². The van der Waals surface area contributed by atoms with Crippen LogP contribution in [-0.4, -0.2) is 29.0 Å². The molecule has 1 atom stereocenters. The number of aromatic nitrogens is 1. The monoisotopic (exact) mass is 417 g/mol. The number of urea groups is 1. The second-order valence-electron chi connectivity index (χ2n) is 7.49. The number of benzene rings is 2. The SMILES string of the molecule is C[C@@H](OC(=O)c1c2c(nc3ccccc13)CCC2)C(=O)NC(=O)NCc1ccccc1. The number of hydrogen-bond donors (Lipinski definition) is 2. The number of nitrogens with zero attached hydrogens (tertiary/aromatic N) is 1. The molecule has 0 radical (unpaired) electrons. The number of nitrogens with one attached hydrogen (secondary N) is 2. The van der Waals surface area contributed by atoms with Gasteiger partial charge in [0.1, 0.15) is 0 Å². The molecule has 0 saturated heterocycles. The van der Waals surface area contributed by atoms with Crippen molar-refractivity contribution in [2.24, 2.45) is 0 Å². The number of fused-ring (bicyclic) bond motifs is 2. The minimum absolute atomic E-state index is 0.281. The van der Waals surface area contributed by atoms with Crippen molar-refractivity contribution in [3.8, 4) is 0 Å². The van der Waals surface area contributed by atoms with Crippen molar-refractivity contribution in [2.75, 3.05) is 0 Å². The number of carbonyl (C=O) groups excluding carboxylic acids is 3. The van der Waals surface area contributed by atoms with E-state index >= 15 is 0 Å². The largest absolute Gasteiger partial charge is 0.449 e. The Morgan fingerprint density at radius 1 is 1.03 bits per heavy atom. The topological polar surface area (TPSA) is 97.4 Å². The zero-order chi connectivity index (χ0) is 21.8. The molecule has 0 spiro atoms. The summed E-state index contributed by atoms with van der Waals surface area (Å²) in [5.74, 6) is -1.27. The van der Waals surface area contributed by atoms with Crippen LogP contribution in [0.3, 0.4) is 0 Å². The molecule has 1 aliphatic carbocycles. The van der Waals surface area contributed by atoms with Crippen LogP contribution in [0, 0.1) is 0 Å². The Balaban J connectivity index is 1.42. The van der Waals surface area contributed by atoms with Crippen molar-refractivity contribution in [1.29, 1.82) is 0 Å². The van der Waals surface area contributed by atoms with E-state index in [9.17, 15) is 14.4 Å².